The summed E-state index contributed by atoms with van der Waals surface area (Å²) in [6.07, 6.45) is 4.91. The highest BCUT2D eigenvalue weighted by molar-refractivity contribution is 5.79. The molecule has 0 aromatic carbocycles. The molecule has 2 aromatic heterocycles. The average Bonchev–Trinajstić information content (AvgIpc) is 3.36. The van der Waals surface area contributed by atoms with E-state index in [4.69, 9.17) is 14.2 Å². The molecule has 2 aromatic rings. The molecule has 0 radical (unpaired) electrons. The average molecular weight is 504 g/mol. The third kappa shape index (κ3) is 4.87. The van der Waals surface area contributed by atoms with Crippen LogP contribution in [0.2, 0.25) is 0 Å². The second-order valence-electron chi connectivity index (χ2n) is 9.56. The van der Waals surface area contributed by atoms with Gasteiger partial charge in [-0.25, -0.2) is 23.7 Å². The van der Waals surface area contributed by atoms with Crippen molar-refractivity contribution in [1.82, 2.24) is 19.9 Å². The minimum atomic E-state index is -2.66. The molecule has 1 atom stereocenters. The molecular formula is C25H31F2N5O4. The van der Waals surface area contributed by atoms with Gasteiger partial charge in [0, 0.05) is 50.8 Å². The molecule has 4 heterocycles. The Morgan fingerprint density at radius 2 is 1.86 bits per heavy atom. The maximum atomic E-state index is 13.6. The van der Waals surface area contributed by atoms with Crippen LogP contribution in [0.5, 0.6) is 17.5 Å². The second kappa shape index (κ2) is 10.0. The van der Waals surface area contributed by atoms with E-state index in [0.717, 1.165) is 29.9 Å². The van der Waals surface area contributed by atoms with Crippen molar-refractivity contribution in [2.75, 3.05) is 32.2 Å². The number of carbonyl (C=O) groups excluding carboxylic acids is 1. The fourth-order valence-electron chi connectivity index (χ4n) is 5.29. The van der Waals surface area contributed by atoms with Crippen molar-refractivity contribution < 1.29 is 27.8 Å². The van der Waals surface area contributed by atoms with E-state index in [-0.39, 0.29) is 37.5 Å². The predicted molar refractivity (Wildman–Crippen MR) is 126 cm³/mol. The number of halogens is 2. The fourth-order valence-corrected chi connectivity index (χ4v) is 5.29. The van der Waals surface area contributed by atoms with Crippen molar-refractivity contribution in [3.05, 3.63) is 29.8 Å². The summed E-state index contributed by atoms with van der Waals surface area (Å²) in [6, 6.07) is 1.88. The Hall–Kier alpha value is -3.24. The van der Waals surface area contributed by atoms with Crippen LogP contribution in [0.1, 0.15) is 49.8 Å². The summed E-state index contributed by atoms with van der Waals surface area (Å²) in [5.41, 5.74) is 2.66. The lowest BCUT2D eigenvalue weighted by molar-refractivity contribution is -0.145. The van der Waals surface area contributed by atoms with Gasteiger partial charge in [-0.15, -0.1) is 0 Å². The van der Waals surface area contributed by atoms with Crippen LogP contribution in [0.3, 0.4) is 0 Å². The number of aromatic nitrogens is 3. The molecule has 9 nitrogen and oxygen atoms in total. The third-order valence-electron chi connectivity index (χ3n) is 7.34. The van der Waals surface area contributed by atoms with Crippen LogP contribution in [0.4, 0.5) is 14.5 Å². The molecule has 1 saturated carbocycles. The first-order valence-electron chi connectivity index (χ1n) is 12.4. The summed E-state index contributed by atoms with van der Waals surface area (Å²) in [5, 5.41) is 0. The number of hydrogen-bond donors (Lipinski definition) is 0. The number of hydrogen-bond acceptors (Lipinski definition) is 8. The molecule has 0 N–H and O–H groups in total. The highest BCUT2D eigenvalue weighted by Crippen LogP contribution is 2.38. The molecule has 3 aliphatic rings. The van der Waals surface area contributed by atoms with Crippen LogP contribution in [0.25, 0.3) is 0 Å². The number of amides is 1. The highest BCUT2D eigenvalue weighted by Gasteiger charge is 2.41. The van der Waals surface area contributed by atoms with Crippen molar-refractivity contribution in [2.24, 2.45) is 5.92 Å². The van der Waals surface area contributed by atoms with Gasteiger partial charge >= 0.3 is 0 Å². The normalized spacial score (nSPS) is 21.7. The number of methoxy groups -OCH3 is 2. The van der Waals surface area contributed by atoms with Crippen LogP contribution < -0.4 is 19.1 Å². The summed E-state index contributed by atoms with van der Waals surface area (Å²) in [5.74, 6) is -1.71. The maximum absolute atomic E-state index is 13.6. The number of likely N-dealkylation sites (tertiary alicyclic amines) is 1. The van der Waals surface area contributed by atoms with Crippen LogP contribution in [-0.4, -0.2) is 65.2 Å². The molecule has 1 saturated heterocycles. The minimum Gasteiger partial charge on any atom is -0.491 e. The number of pyridine rings is 1. The monoisotopic (exact) mass is 503 g/mol. The number of rotatable bonds is 6. The summed E-state index contributed by atoms with van der Waals surface area (Å²) < 4.78 is 44.2. The van der Waals surface area contributed by atoms with E-state index in [9.17, 15) is 13.6 Å². The third-order valence-corrected chi connectivity index (χ3v) is 7.34. The van der Waals surface area contributed by atoms with E-state index < -0.39 is 12.2 Å². The Balaban J connectivity index is 1.32. The summed E-state index contributed by atoms with van der Waals surface area (Å²) in [6.45, 7) is 1.81. The van der Waals surface area contributed by atoms with E-state index in [1.165, 1.54) is 6.33 Å². The predicted octanol–water partition coefficient (Wildman–Crippen LogP) is 3.60. The standard InChI is InChI=1S/C25H31F2N5O4/c1-34-20-12-17(13-28-23(20)35-2)31-11-7-19-18(14-31)22(30-15-29-19)36-21-4-3-10-32(21)24(33)16-5-8-25(26,27)9-6-16/h12-13,15-16,21H,3-11,14H2,1-2H3/t21-/m0/s1. The quantitative estimate of drug-likeness (QED) is 0.591. The first kappa shape index (κ1) is 24.5. The van der Waals surface area contributed by atoms with Gasteiger partial charge in [0.25, 0.3) is 5.88 Å². The number of fused-ring (bicyclic) bond motifs is 1. The summed E-state index contributed by atoms with van der Waals surface area (Å²) in [7, 11) is 3.12. The topological polar surface area (TPSA) is 89.9 Å². The number of ether oxygens (including phenoxy) is 3. The molecule has 0 spiro atoms. The summed E-state index contributed by atoms with van der Waals surface area (Å²) >= 11 is 0. The van der Waals surface area contributed by atoms with Crippen molar-refractivity contribution in [2.45, 2.75) is 63.6 Å². The van der Waals surface area contributed by atoms with Crippen LogP contribution in [0.15, 0.2) is 18.6 Å². The van der Waals surface area contributed by atoms with Crippen LogP contribution >= 0.6 is 0 Å². The molecule has 5 rings (SSSR count). The Labute approximate surface area is 208 Å². The molecular weight excluding hydrogens is 472 g/mol. The van der Waals surface area contributed by atoms with Gasteiger partial charge < -0.3 is 24.0 Å². The van der Waals surface area contributed by atoms with Gasteiger partial charge in [-0.1, -0.05) is 0 Å². The van der Waals surface area contributed by atoms with E-state index in [1.807, 2.05) is 6.07 Å². The molecule has 2 fully saturated rings. The lowest BCUT2D eigenvalue weighted by Gasteiger charge is -2.34. The zero-order valence-electron chi connectivity index (χ0n) is 20.6. The Kier molecular flexibility index (Phi) is 6.81. The van der Waals surface area contributed by atoms with Crippen molar-refractivity contribution in [3.63, 3.8) is 0 Å². The molecule has 1 amide bonds. The van der Waals surface area contributed by atoms with Crippen molar-refractivity contribution >= 4 is 11.6 Å². The van der Waals surface area contributed by atoms with E-state index in [1.54, 1.807) is 25.3 Å². The Bertz CT molecular complexity index is 1110. The number of alkyl halides is 2. The van der Waals surface area contributed by atoms with Gasteiger partial charge in [-0.2, -0.15) is 0 Å². The molecule has 1 aliphatic carbocycles. The molecule has 0 bridgehead atoms. The number of anilines is 1. The van der Waals surface area contributed by atoms with Crippen LogP contribution in [0, 0.1) is 5.92 Å². The first-order valence-corrected chi connectivity index (χ1v) is 12.4. The van der Waals surface area contributed by atoms with Gasteiger partial charge in [-0.3, -0.25) is 4.79 Å². The smallest absolute Gasteiger partial charge is 0.256 e. The van der Waals surface area contributed by atoms with Gasteiger partial charge in [0.05, 0.1) is 43.9 Å². The molecule has 36 heavy (non-hydrogen) atoms. The van der Waals surface area contributed by atoms with Gasteiger partial charge in [0.1, 0.15) is 6.33 Å². The van der Waals surface area contributed by atoms with Crippen LogP contribution in [-0.2, 0) is 17.8 Å². The zero-order valence-corrected chi connectivity index (χ0v) is 20.6. The number of nitrogens with zero attached hydrogens (tertiary/aromatic N) is 5. The van der Waals surface area contributed by atoms with Gasteiger partial charge in [0.2, 0.25) is 17.7 Å². The summed E-state index contributed by atoms with van der Waals surface area (Å²) in [4.78, 5) is 30.3. The molecule has 2 aliphatic heterocycles. The maximum Gasteiger partial charge on any atom is 0.256 e. The largest absolute Gasteiger partial charge is 0.491 e. The number of carbonyl (C=O) groups is 1. The van der Waals surface area contributed by atoms with Crippen molar-refractivity contribution in [1.29, 1.82) is 0 Å². The Morgan fingerprint density at radius 1 is 1.06 bits per heavy atom. The molecule has 0 unspecified atom stereocenters. The molecule has 11 heteroatoms. The van der Waals surface area contributed by atoms with E-state index >= 15 is 0 Å². The van der Waals surface area contributed by atoms with Gasteiger partial charge in [0.15, 0.2) is 12.0 Å². The molecule has 194 valence electrons. The lowest BCUT2D eigenvalue weighted by Crippen LogP contribution is -2.44. The minimum absolute atomic E-state index is 0.0889. The zero-order chi connectivity index (χ0) is 25.3. The highest BCUT2D eigenvalue weighted by atomic mass is 19.3. The van der Waals surface area contributed by atoms with Crippen molar-refractivity contribution in [3.8, 4) is 17.5 Å². The van der Waals surface area contributed by atoms with Gasteiger partial charge in [-0.05, 0) is 19.3 Å². The van der Waals surface area contributed by atoms with E-state index in [0.29, 0.717) is 43.4 Å². The van der Waals surface area contributed by atoms with E-state index in [2.05, 4.69) is 19.9 Å². The lowest BCUT2D eigenvalue weighted by atomic mass is 9.86. The SMILES string of the molecule is COc1cc(N2CCc3ncnc(O[C@H]4CCCN4C(=O)C4CCC(F)(F)CC4)c3C2)cnc1OC. The first-order chi connectivity index (χ1) is 17.4. The Morgan fingerprint density at radius 3 is 2.61 bits per heavy atom. The second-order valence-corrected chi connectivity index (χ2v) is 9.56. The fraction of sp³-hybridized carbons (Fsp3) is 0.600.